The topological polar surface area (TPSA) is 81.1 Å². The summed E-state index contributed by atoms with van der Waals surface area (Å²) < 4.78 is 23.5. The van der Waals surface area contributed by atoms with Crippen LogP contribution in [0.2, 0.25) is 0 Å². The molecule has 1 aliphatic heterocycles. The van der Waals surface area contributed by atoms with Gasteiger partial charge in [0.2, 0.25) is 5.82 Å². The van der Waals surface area contributed by atoms with Crippen LogP contribution in [0.4, 0.5) is 4.39 Å². The van der Waals surface area contributed by atoms with Crippen LogP contribution in [0.15, 0.2) is 6.33 Å². The van der Waals surface area contributed by atoms with Gasteiger partial charge in [-0.3, -0.25) is 4.79 Å². The lowest BCUT2D eigenvalue weighted by Gasteiger charge is -2.16. The Morgan fingerprint density at radius 2 is 2.35 bits per heavy atom. The summed E-state index contributed by atoms with van der Waals surface area (Å²) in [6.45, 7) is 4.51. The minimum absolute atomic E-state index is 0.0493. The molecular weight excluding hydrogens is 321 g/mol. The number of aryl methyl sites for hydroxylation is 2. The van der Waals surface area contributed by atoms with E-state index in [1.807, 2.05) is 6.92 Å². The molecule has 0 bridgehead atoms. The number of ether oxygens (including phenoxy) is 1. The second-order valence-electron chi connectivity index (χ2n) is 5.26. The largest absolute Gasteiger partial charge is 0.470 e. The van der Waals surface area contributed by atoms with Crippen molar-refractivity contribution in [2.45, 2.75) is 32.8 Å². The van der Waals surface area contributed by atoms with Gasteiger partial charge in [0.05, 0.1) is 17.9 Å². The van der Waals surface area contributed by atoms with E-state index in [9.17, 15) is 9.18 Å². The molecule has 23 heavy (non-hydrogen) atoms. The Morgan fingerprint density at radius 1 is 1.52 bits per heavy atom. The highest BCUT2D eigenvalue weighted by Gasteiger charge is 2.31. The summed E-state index contributed by atoms with van der Waals surface area (Å²) in [5.41, 5.74) is 0.950. The van der Waals surface area contributed by atoms with Crippen LogP contribution in [0.25, 0.3) is 0 Å². The van der Waals surface area contributed by atoms with Crippen molar-refractivity contribution in [1.82, 2.24) is 24.5 Å². The maximum absolute atomic E-state index is 14.1. The third-order valence-corrected chi connectivity index (χ3v) is 4.54. The van der Waals surface area contributed by atoms with E-state index in [0.29, 0.717) is 42.2 Å². The standard InChI is InChI=1S/C14H16FN5O2S/c1-3-10-11(15)13(17-7-16-10)22-9-4-5-20(6-9)14(21)12-8(2)18-19-23-12/h7,9H,3-6H2,1-2H3/t9-/m1/s1. The molecule has 3 rings (SSSR count). The average Bonchev–Trinajstić information content (AvgIpc) is 3.18. The van der Waals surface area contributed by atoms with E-state index < -0.39 is 5.82 Å². The van der Waals surface area contributed by atoms with Gasteiger partial charge >= 0.3 is 0 Å². The van der Waals surface area contributed by atoms with Gasteiger partial charge in [-0.1, -0.05) is 11.4 Å². The molecule has 0 spiro atoms. The predicted octanol–water partition coefficient (Wildman–Crippen LogP) is 1.63. The monoisotopic (exact) mass is 337 g/mol. The molecule has 1 aliphatic rings. The Morgan fingerprint density at radius 3 is 3.04 bits per heavy atom. The molecule has 1 amide bonds. The maximum atomic E-state index is 14.1. The van der Waals surface area contributed by atoms with Gasteiger partial charge in [0.15, 0.2) is 0 Å². The lowest BCUT2D eigenvalue weighted by molar-refractivity contribution is 0.0773. The quantitative estimate of drug-likeness (QED) is 0.843. The molecule has 0 aromatic carbocycles. The van der Waals surface area contributed by atoms with Gasteiger partial charge in [-0.05, 0) is 24.9 Å². The Kier molecular flexibility index (Phi) is 4.46. The zero-order valence-electron chi connectivity index (χ0n) is 12.8. The first-order valence-electron chi connectivity index (χ1n) is 7.34. The molecule has 0 unspecified atom stereocenters. The molecule has 0 N–H and O–H groups in total. The molecule has 3 heterocycles. The fourth-order valence-electron chi connectivity index (χ4n) is 2.45. The summed E-state index contributed by atoms with van der Waals surface area (Å²) in [7, 11) is 0. The van der Waals surface area contributed by atoms with Gasteiger partial charge in [-0.2, -0.15) is 9.37 Å². The Bertz CT molecular complexity index is 723. The van der Waals surface area contributed by atoms with E-state index in [0.717, 1.165) is 11.5 Å². The van der Waals surface area contributed by atoms with E-state index in [1.54, 1.807) is 11.8 Å². The van der Waals surface area contributed by atoms with Gasteiger partial charge in [-0.25, -0.2) is 4.98 Å². The summed E-state index contributed by atoms with van der Waals surface area (Å²) in [6, 6.07) is 0. The number of aromatic nitrogens is 4. The van der Waals surface area contributed by atoms with Crippen molar-refractivity contribution >= 4 is 17.4 Å². The smallest absolute Gasteiger partial charge is 0.267 e. The second-order valence-corrected chi connectivity index (χ2v) is 6.01. The number of hydrogen-bond acceptors (Lipinski definition) is 7. The SMILES string of the molecule is CCc1ncnc(O[C@@H]2CCN(C(=O)c3snnc3C)C2)c1F. The number of nitrogens with zero attached hydrogens (tertiary/aromatic N) is 5. The van der Waals surface area contributed by atoms with Crippen LogP contribution in [-0.4, -0.2) is 49.6 Å². The first-order valence-corrected chi connectivity index (χ1v) is 8.11. The molecule has 2 aromatic rings. The third kappa shape index (κ3) is 3.14. The number of carbonyl (C=O) groups excluding carboxylic acids is 1. The van der Waals surface area contributed by atoms with Crippen LogP contribution in [0.5, 0.6) is 5.88 Å². The lowest BCUT2D eigenvalue weighted by atomic mass is 10.3. The molecule has 7 nitrogen and oxygen atoms in total. The summed E-state index contributed by atoms with van der Waals surface area (Å²) in [5, 5.41) is 3.85. The van der Waals surface area contributed by atoms with Crippen molar-refractivity contribution in [3.8, 4) is 5.88 Å². The molecular formula is C14H16FN5O2S. The minimum atomic E-state index is -0.526. The second kappa shape index (κ2) is 6.53. The number of rotatable bonds is 4. The van der Waals surface area contributed by atoms with Crippen molar-refractivity contribution in [3.63, 3.8) is 0 Å². The van der Waals surface area contributed by atoms with Gasteiger partial charge < -0.3 is 9.64 Å². The molecule has 122 valence electrons. The molecule has 9 heteroatoms. The zero-order chi connectivity index (χ0) is 16.4. The van der Waals surface area contributed by atoms with Crippen molar-refractivity contribution in [2.24, 2.45) is 0 Å². The average molecular weight is 337 g/mol. The molecule has 0 aliphatic carbocycles. The summed E-state index contributed by atoms with van der Waals surface area (Å²) >= 11 is 1.08. The highest BCUT2D eigenvalue weighted by molar-refractivity contribution is 7.07. The maximum Gasteiger partial charge on any atom is 0.267 e. The molecule has 1 fully saturated rings. The first kappa shape index (κ1) is 15.7. The van der Waals surface area contributed by atoms with Gasteiger partial charge in [0.25, 0.3) is 11.8 Å². The number of halogens is 1. The fourth-order valence-corrected chi connectivity index (χ4v) is 3.08. The van der Waals surface area contributed by atoms with E-state index in [4.69, 9.17) is 4.74 Å². The van der Waals surface area contributed by atoms with Gasteiger partial charge in [0.1, 0.15) is 17.3 Å². The van der Waals surface area contributed by atoms with E-state index in [1.165, 1.54) is 6.33 Å². The van der Waals surface area contributed by atoms with E-state index in [2.05, 4.69) is 19.6 Å². The Hall–Kier alpha value is -2.16. The highest BCUT2D eigenvalue weighted by atomic mass is 32.1. The Balaban J connectivity index is 1.67. The van der Waals surface area contributed by atoms with Crippen LogP contribution < -0.4 is 4.74 Å². The number of likely N-dealkylation sites (tertiary alicyclic amines) is 1. The fraction of sp³-hybridized carbons (Fsp3) is 0.500. The van der Waals surface area contributed by atoms with Gasteiger partial charge in [0, 0.05) is 13.0 Å². The van der Waals surface area contributed by atoms with Crippen molar-refractivity contribution < 1.29 is 13.9 Å². The Labute approximate surface area is 136 Å². The van der Waals surface area contributed by atoms with Crippen molar-refractivity contribution in [1.29, 1.82) is 0 Å². The minimum Gasteiger partial charge on any atom is -0.470 e. The zero-order valence-corrected chi connectivity index (χ0v) is 13.6. The van der Waals surface area contributed by atoms with Crippen LogP contribution >= 0.6 is 11.5 Å². The van der Waals surface area contributed by atoms with Crippen LogP contribution in [0.1, 0.15) is 34.4 Å². The third-order valence-electron chi connectivity index (χ3n) is 3.72. The molecule has 1 saturated heterocycles. The molecule has 0 saturated carbocycles. The summed E-state index contributed by atoms with van der Waals surface area (Å²) in [4.78, 5) is 22.3. The van der Waals surface area contributed by atoms with Crippen LogP contribution in [0.3, 0.4) is 0 Å². The number of amides is 1. The molecule has 1 atom stereocenters. The normalized spacial score (nSPS) is 17.5. The van der Waals surface area contributed by atoms with E-state index >= 15 is 0 Å². The van der Waals surface area contributed by atoms with Crippen LogP contribution in [0, 0.1) is 12.7 Å². The molecule has 2 aromatic heterocycles. The number of hydrogen-bond donors (Lipinski definition) is 0. The summed E-state index contributed by atoms with van der Waals surface area (Å²) in [6.07, 6.45) is 2.11. The highest BCUT2D eigenvalue weighted by Crippen LogP contribution is 2.23. The van der Waals surface area contributed by atoms with E-state index in [-0.39, 0.29) is 17.9 Å². The first-order chi connectivity index (χ1) is 11.1. The predicted molar refractivity (Wildman–Crippen MR) is 81.0 cm³/mol. The molecule has 0 radical (unpaired) electrons. The number of carbonyl (C=O) groups is 1. The summed E-state index contributed by atoms with van der Waals surface area (Å²) in [5.74, 6) is -0.685. The van der Waals surface area contributed by atoms with Crippen LogP contribution in [-0.2, 0) is 6.42 Å². The lowest BCUT2D eigenvalue weighted by Crippen LogP contribution is -2.31. The van der Waals surface area contributed by atoms with Crippen molar-refractivity contribution in [3.05, 3.63) is 28.4 Å². The van der Waals surface area contributed by atoms with Crippen molar-refractivity contribution in [2.75, 3.05) is 13.1 Å². The van der Waals surface area contributed by atoms with Gasteiger partial charge in [-0.15, -0.1) is 5.10 Å².